The van der Waals surface area contributed by atoms with E-state index in [0.29, 0.717) is 19.3 Å². The quantitative estimate of drug-likeness (QED) is 0.379. The molecule has 0 radical (unpaired) electrons. The Bertz CT molecular complexity index is 306. The molecule has 0 unspecified atom stereocenters. The van der Waals surface area contributed by atoms with Crippen molar-refractivity contribution in [2.45, 2.75) is 51.1 Å². The first-order valence-electron chi connectivity index (χ1n) is 5.96. The van der Waals surface area contributed by atoms with Crippen LogP contribution < -0.4 is 0 Å². The Morgan fingerprint density at radius 1 is 1.65 bits per heavy atom. The first-order valence-corrected chi connectivity index (χ1v) is 5.96. The molecule has 1 aliphatic rings. The van der Waals surface area contributed by atoms with E-state index < -0.39 is 0 Å². The van der Waals surface area contributed by atoms with Crippen molar-refractivity contribution in [3.05, 3.63) is 10.1 Å². The van der Waals surface area contributed by atoms with Crippen LogP contribution in [0.1, 0.15) is 39.0 Å². The van der Waals surface area contributed by atoms with Gasteiger partial charge in [-0.25, -0.2) is 0 Å². The highest BCUT2D eigenvalue weighted by Crippen LogP contribution is 2.25. The predicted molar refractivity (Wildman–Crippen MR) is 61.1 cm³/mol. The second kappa shape index (κ2) is 6.32. The lowest BCUT2D eigenvalue weighted by atomic mass is 10.1. The van der Waals surface area contributed by atoms with Gasteiger partial charge in [0.15, 0.2) is 0 Å². The second-order valence-electron chi connectivity index (χ2n) is 4.35. The van der Waals surface area contributed by atoms with E-state index in [2.05, 4.69) is 0 Å². The number of nitro groups is 1. The molecule has 1 heterocycles. The van der Waals surface area contributed by atoms with Crippen LogP contribution >= 0.6 is 0 Å². The third kappa shape index (κ3) is 3.51. The van der Waals surface area contributed by atoms with Crippen LogP contribution in [0.15, 0.2) is 0 Å². The third-order valence-corrected chi connectivity index (χ3v) is 3.12. The van der Waals surface area contributed by atoms with Crippen LogP contribution in [0.4, 0.5) is 0 Å². The van der Waals surface area contributed by atoms with Crippen LogP contribution in [0, 0.1) is 10.1 Å². The SMILES string of the molecule is CCC[C@H](C[N+](=O)[O-])N1C(=O)CC[C@H]1CC=O. The lowest BCUT2D eigenvalue weighted by Crippen LogP contribution is -2.45. The molecule has 0 saturated carbocycles. The number of rotatable bonds is 7. The van der Waals surface area contributed by atoms with Gasteiger partial charge in [-0.1, -0.05) is 13.3 Å². The molecule has 1 aliphatic heterocycles. The maximum atomic E-state index is 11.7. The minimum atomic E-state index is -0.385. The normalized spacial score (nSPS) is 21.6. The molecule has 1 amide bonds. The number of hydrogen-bond acceptors (Lipinski definition) is 4. The molecule has 96 valence electrons. The third-order valence-electron chi connectivity index (χ3n) is 3.12. The van der Waals surface area contributed by atoms with Crippen molar-refractivity contribution in [2.75, 3.05) is 6.54 Å². The Morgan fingerprint density at radius 2 is 2.35 bits per heavy atom. The summed E-state index contributed by atoms with van der Waals surface area (Å²) in [5.74, 6) is -0.0582. The van der Waals surface area contributed by atoms with E-state index >= 15 is 0 Å². The van der Waals surface area contributed by atoms with Crippen molar-refractivity contribution < 1.29 is 14.5 Å². The Labute approximate surface area is 100 Å². The molecule has 0 aromatic rings. The van der Waals surface area contributed by atoms with Gasteiger partial charge in [0.2, 0.25) is 12.5 Å². The zero-order chi connectivity index (χ0) is 12.8. The minimum absolute atomic E-state index is 0.0582. The van der Waals surface area contributed by atoms with Crippen molar-refractivity contribution in [1.29, 1.82) is 0 Å². The van der Waals surface area contributed by atoms with Gasteiger partial charge >= 0.3 is 0 Å². The molecule has 0 aliphatic carbocycles. The molecular formula is C11H18N2O4. The fraction of sp³-hybridized carbons (Fsp3) is 0.818. The summed E-state index contributed by atoms with van der Waals surface area (Å²) in [6, 6.07) is -0.508. The molecule has 1 saturated heterocycles. The fourth-order valence-corrected chi connectivity index (χ4v) is 2.43. The van der Waals surface area contributed by atoms with Gasteiger partial charge in [0, 0.05) is 23.8 Å². The summed E-state index contributed by atoms with van der Waals surface area (Å²) in [5, 5.41) is 10.6. The maximum Gasteiger partial charge on any atom is 0.224 e. The van der Waals surface area contributed by atoms with Gasteiger partial charge in [0.1, 0.15) is 6.29 Å². The monoisotopic (exact) mass is 242 g/mol. The average molecular weight is 242 g/mol. The van der Waals surface area contributed by atoms with Crippen molar-refractivity contribution in [1.82, 2.24) is 4.90 Å². The van der Waals surface area contributed by atoms with Crippen LogP contribution in [-0.2, 0) is 9.59 Å². The first-order chi connectivity index (χ1) is 8.10. The molecule has 0 N–H and O–H groups in total. The standard InChI is InChI=1S/C11H18N2O4/c1-2-3-10(8-12(16)17)13-9(6-7-14)4-5-11(13)15/h7,9-10H,2-6,8H2,1H3/t9-,10+/m0/s1. The average Bonchev–Trinajstić information content (AvgIpc) is 2.59. The number of likely N-dealkylation sites (tertiary alicyclic amines) is 1. The van der Waals surface area contributed by atoms with Crippen molar-refractivity contribution in [3.63, 3.8) is 0 Å². The fourth-order valence-electron chi connectivity index (χ4n) is 2.43. The highest BCUT2D eigenvalue weighted by atomic mass is 16.6. The molecule has 6 nitrogen and oxygen atoms in total. The number of amides is 1. The molecular weight excluding hydrogens is 224 g/mol. The summed E-state index contributed by atoms with van der Waals surface area (Å²) in [4.78, 5) is 34.1. The second-order valence-corrected chi connectivity index (χ2v) is 4.35. The summed E-state index contributed by atoms with van der Waals surface area (Å²) in [6.07, 6.45) is 3.50. The Balaban J connectivity index is 2.77. The van der Waals surface area contributed by atoms with E-state index in [-0.39, 0.29) is 35.9 Å². The van der Waals surface area contributed by atoms with Gasteiger partial charge in [-0.2, -0.15) is 0 Å². The smallest absolute Gasteiger partial charge is 0.224 e. The molecule has 0 aromatic carbocycles. The molecule has 1 rings (SSSR count). The lowest BCUT2D eigenvalue weighted by molar-refractivity contribution is -0.486. The summed E-state index contributed by atoms with van der Waals surface area (Å²) >= 11 is 0. The lowest BCUT2D eigenvalue weighted by Gasteiger charge is -2.30. The van der Waals surface area contributed by atoms with Crippen molar-refractivity contribution >= 4 is 12.2 Å². The molecule has 1 fully saturated rings. The minimum Gasteiger partial charge on any atom is -0.330 e. The summed E-state index contributed by atoms with van der Waals surface area (Å²) < 4.78 is 0. The van der Waals surface area contributed by atoms with E-state index in [0.717, 1.165) is 12.7 Å². The highest BCUT2D eigenvalue weighted by Gasteiger charge is 2.37. The predicted octanol–water partition coefficient (Wildman–Crippen LogP) is 1.01. The van der Waals surface area contributed by atoms with Gasteiger partial charge in [0.05, 0.1) is 6.04 Å². The molecule has 0 aromatic heterocycles. The molecule has 6 heteroatoms. The van der Waals surface area contributed by atoms with Crippen molar-refractivity contribution in [2.24, 2.45) is 0 Å². The van der Waals surface area contributed by atoms with E-state index in [1.54, 1.807) is 4.90 Å². The number of hydrogen-bond donors (Lipinski definition) is 0. The Kier molecular flexibility index (Phi) is 5.06. The van der Waals surface area contributed by atoms with E-state index in [9.17, 15) is 19.7 Å². The molecule has 2 atom stereocenters. The van der Waals surface area contributed by atoms with E-state index in [1.807, 2.05) is 6.92 Å². The van der Waals surface area contributed by atoms with Crippen LogP contribution in [0.3, 0.4) is 0 Å². The van der Waals surface area contributed by atoms with Gasteiger partial charge in [-0.15, -0.1) is 0 Å². The largest absolute Gasteiger partial charge is 0.330 e. The maximum absolute atomic E-state index is 11.7. The van der Waals surface area contributed by atoms with Gasteiger partial charge in [-0.05, 0) is 12.8 Å². The topological polar surface area (TPSA) is 80.5 Å². The van der Waals surface area contributed by atoms with Crippen LogP contribution in [0.5, 0.6) is 0 Å². The summed E-state index contributed by atoms with van der Waals surface area (Å²) in [6.45, 7) is 1.71. The summed E-state index contributed by atoms with van der Waals surface area (Å²) in [5.41, 5.74) is 0. The number of aldehydes is 1. The molecule has 0 bridgehead atoms. The number of carbonyl (C=O) groups excluding carboxylic acids is 2. The van der Waals surface area contributed by atoms with Crippen LogP contribution in [-0.4, -0.2) is 40.6 Å². The number of nitrogens with zero attached hydrogens (tertiary/aromatic N) is 2. The van der Waals surface area contributed by atoms with Crippen molar-refractivity contribution in [3.8, 4) is 0 Å². The van der Waals surface area contributed by atoms with Gasteiger partial charge in [-0.3, -0.25) is 14.9 Å². The molecule has 17 heavy (non-hydrogen) atoms. The highest BCUT2D eigenvalue weighted by molar-refractivity contribution is 5.79. The Hall–Kier alpha value is -1.46. The number of carbonyl (C=O) groups is 2. The Morgan fingerprint density at radius 3 is 2.88 bits per heavy atom. The van der Waals surface area contributed by atoms with E-state index in [1.165, 1.54) is 0 Å². The van der Waals surface area contributed by atoms with Gasteiger partial charge in [0.25, 0.3) is 0 Å². The van der Waals surface area contributed by atoms with Gasteiger partial charge < -0.3 is 9.69 Å². The van der Waals surface area contributed by atoms with Crippen LogP contribution in [0.2, 0.25) is 0 Å². The molecule has 0 spiro atoms. The summed E-state index contributed by atoms with van der Waals surface area (Å²) in [7, 11) is 0. The van der Waals surface area contributed by atoms with E-state index in [4.69, 9.17) is 0 Å². The zero-order valence-electron chi connectivity index (χ0n) is 10.0. The van der Waals surface area contributed by atoms with Crippen LogP contribution in [0.25, 0.3) is 0 Å². The zero-order valence-corrected chi connectivity index (χ0v) is 10.0. The first kappa shape index (κ1) is 13.6.